The first-order valence-electron chi connectivity index (χ1n) is 12.5. The zero-order chi connectivity index (χ0) is 30.2. The smallest absolute Gasteiger partial charge is 0.221 e. The molecule has 0 aliphatic carbocycles. The van der Waals surface area contributed by atoms with Crippen LogP contribution in [-0.4, -0.2) is 91.9 Å². The summed E-state index contributed by atoms with van der Waals surface area (Å²) in [6, 6.07) is 14.2. The van der Waals surface area contributed by atoms with Gasteiger partial charge in [0.15, 0.2) is 18.7 Å². The molecule has 43 heavy (non-hydrogen) atoms. The maximum Gasteiger partial charge on any atom is 0.221 e. The van der Waals surface area contributed by atoms with E-state index in [1.165, 1.54) is 25.6 Å². The lowest BCUT2D eigenvalue weighted by Crippen LogP contribution is -3.00. The lowest BCUT2D eigenvalue weighted by atomic mass is 10.1. The summed E-state index contributed by atoms with van der Waals surface area (Å²) in [4.78, 5) is 38.2. The Kier molecular flexibility index (Phi) is 22.8. The van der Waals surface area contributed by atoms with Crippen LogP contribution in [0.15, 0.2) is 66.5 Å². The number of halogens is 3. The van der Waals surface area contributed by atoms with Crippen LogP contribution in [0.1, 0.15) is 24.2 Å². The minimum atomic E-state index is -0.121. The maximum atomic E-state index is 10.9. The van der Waals surface area contributed by atoms with Gasteiger partial charge in [0.25, 0.3) is 0 Å². The molecule has 0 bridgehead atoms. The minimum Gasteiger partial charge on any atom is -1.00 e. The number of carbonyl (C=O) groups excluding carboxylic acids is 3. The van der Waals surface area contributed by atoms with Crippen molar-refractivity contribution in [2.24, 2.45) is 0 Å². The molecule has 0 spiro atoms. The lowest BCUT2D eigenvalue weighted by molar-refractivity contribution is -0.462. The molecule has 13 heteroatoms. The molecule has 0 saturated heterocycles. The van der Waals surface area contributed by atoms with E-state index in [1.807, 2.05) is 62.4 Å². The summed E-state index contributed by atoms with van der Waals surface area (Å²) in [6.45, 7) is 2.91. The van der Waals surface area contributed by atoms with E-state index in [0.29, 0.717) is 16.9 Å². The SMILES string of the molecule is CC(=O)Nc1ccc2cc(C=O)cnc2c1.CC(=O)Nc1cccc(N)c1.CN(C)C=C(C=[N+](C)C)C=[N+](C)C.[Cl-].[Cl-].[Cl-]. The zero-order valence-electron chi connectivity index (χ0n) is 25.7. The van der Waals surface area contributed by atoms with Gasteiger partial charge >= 0.3 is 0 Å². The Hall–Kier alpha value is -3.99. The van der Waals surface area contributed by atoms with Crippen molar-refractivity contribution in [1.29, 1.82) is 0 Å². The summed E-state index contributed by atoms with van der Waals surface area (Å²) >= 11 is 0. The molecule has 0 atom stereocenters. The largest absolute Gasteiger partial charge is 1.00 e. The second kappa shape index (κ2) is 22.6. The first kappa shape index (κ1) is 43.5. The van der Waals surface area contributed by atoms with Gasteiger partial charge in [-0.15, -0.1) is 0 Å². The number of hydrogen-bond donors (Lipinski definition) is 3. The second-order valence-electron chi connectivity index (χ2n) is 9.56. The second-order valence-corrected chi connectivity index (χ2v) is 9.56. The lowest BCUT2D eigenvalue weighted by Gasteiger charge is -2.03. The molecule has 0 radical (unpaired) electrons. The molecule has 236 valence electrons. The molecule has 0 saturated carbocycles. The third-order valence-corrected chi connectivity index (χ3v) is 4.59. The summed E-state index contributed by atoms with van der Waals surface area (Å²) in [5, 5.41) is 6.18. The topological polar surface area (TPSA) is 123 Å². The number of pyridine rings is 1. The zero-order valence-corrected chi connectivity index (χ0v) is 28.0. The molecule has 3 rings (SSSR count). The molecular formula is C30H41Cl3N7O3-. The molecule has 1 heterocycles. The van der Waals surface area contributed by atoms with Crippen LogP contribution in [0.2, 0.25) is 0 Å². The van der Waals surface area contributed by atoms with Gasteiger partial charge in [-0.05, 0) is 36.4 Å². The van der Waals surface area contributed by atoms with E-state index < -0.39 is 0 Å². The van der Waals surface area contributed by atoms with Gasteiger partial charge in [-0.2, -0.15) is 0 Å². The van der Waals surface area contributed by atoms with Crippen molar-refractivity contribution in [3.63, 3.8) is 0 Å². The normalized spacial score (nSPS) is 8.74. The Labute approximate surface area is 273 Å². The quantitative estimate of drug-likeness (QED) is 0.106. The van der Waals surface area contributed by atoms with Crippen molar-refractivity contribution >= 4 is 58.5 Å². The van der Waals surface area contributed by atoms with Gasteiger partial charge in [-0.3, -0.25) is 19.4 Å². The van der Waals surface area contributed by atoms with Crippen LogP contribution in [0, 0.1) is 0 Å². The van der Waals surface area contributed by atoms with Gasteiger partial charge in [0, 0.05) is 68.4 Å². The van der Waals surface area contributed by atoms with Crippen LogP contribution in [0.5, 0.6) is 0 Å². The van der Waals surface area contributed by atoms with Gasteiger partial charge in [-0.1, -0.05) is 12.1 Å². The third kappa shape index (κ3) is 19.7. The molecule has 4 N–H and O–H groups in total. The van der Waals surface area contributed by atoms with Gasteiger partial charge in [-0.25, -0.2) is 9.15 Å². The summed E-state index contributed by atoms with van der Waals surface area (Å²) in [5.74, 6) is -0.209. The Morgan fingerprint density at radius 2 is 1.37 bits per heavy atom. The van der Waals surface area contributed by atoms with Gasteiger partial charge in [0.2, 0.25) is 11.8 Å². The number of carbonyl (C=O) groups is 3. The van der Waals surface area contributed by atoms with E-state index in [1.54, 1.807) is 42.5 Å². The fourth-order valence-electron chi connectivity index (χ4n) is 3.30. The van der Waals surface area contributed by atoms with E-state index in [2.05, 4.69) is 34.2 Å². The van der Waals surface area contributed by atoms with E-state index in [0.717, 1.165) is 22.9 Å². The Morgan fingerprint density at radius 3 is 1.81 bits per heavy atom. The van der Waals surface area contributed by atoms with Crippen LogP contribution >= 0.6 is 0 Å². The van der Waals surface area contributed by atoms with Gasteiger partial charge in [0.1, 0.15) is 33.8 Å². The average Bonchev–Trinajstić information content (AvgIpc) is 2.82. The molecule has 0 fully saturated rings. The van der Waals surface area contributed by atoms with Crippen molar-refractivity contribution in [3.8, 4) is 0 Å². The van der Waals surface area contributed by atoms with Crippen LogP contribution in [0.25, 0.3) is 10.9 Å². The first-order chi connectivity index (χ1) is 18.8. The number of benzene rings is 2. The predicted molar refractivity (Wildman–Crippen MR) is 165 cm³/mol. The number of amides is 2. The maximum absolute atomic E-state index is 10.9. The fourth-order valence-corrected chi connectivity index (χ4v) is 3.30. The predicted octanol–water partition coefficient (Wildman–Crippen LogP) is -5.64. The first-order valence-corrected chi connectivity index (χ1v) is 12.5. The Morgan fingerprint density at radius 1 is 0.837 bits per heavy atom. The number of allylic oxidation sites excluding steroid dienone is 1. The van der Waals surface area contributed by atoms with Crippen molar-refractivity contribution in [2.75, 3.05) is 58.7 Å². The Bertz CT molecular complexity index is 1400. The highest BCUT2D eigenvalue weighted by Crippen LogP contribution is 2.18. The molecular weight excluding hydrogens is 613 g/mol. The van der Waals surface area contributed by atoms with Crippen LogP contribution in [0.4, 0.5) is 17.1 Å². The molecule has 10 nitrogen and oxygen atoms in total. The van der Waals surface area contributed by atoms with E-state index in [9.17, 15) is 14.4 Å². The van der Waals surface area contributed by atoms with Crippen molar-refractivity contribution in [1.82, 2.24) is 9.88 Å². The average molecular weight is 654 g/mol. The molecule has 0 aliphatic heterocycles. The number of nitrogen functional groups attached to an aromatic ring is 1. The molecule has 1 aromatic heterocycles. The molecule has 2 amide bonds. The number of anilines is 3. The van der Waals surface area contributed by atoms with E-state index >= 15 is 0 Å². The van der Waals surface area contributed by atoms with Gasteiger partial charge < -0.3 is 58.5 Å². The van der Waals surface area contributed by atoms with Crippen molar-refractivity contribution in [2.45, 2.75) is 13.8 Å². The van der Waals surface area contributed by atoms with Crippen molar-refractivity contribution in [3.05, 3.63) is 72.1 Å². The summed E-state index contributed by atoms with van der Waals surface area (Å²) < 4.78 is 4.07. The number of fused-ring (bicyclic) bond motifs is 1. The fraction of sp³-hybridized carbons (Fsp3) is 0.267. The summed E-state index contributed by atoms with van der Waals surface area (Å²) in [7, 11) is 12.1. The highest BCUT2D eigenvalue weighted by molar-refractivity contribution is 6.00. The van der Waals surface area contributed by atoms with E-state index in [-0.39, 0.29) is 49.0 Å². The van der Waals surface area contributed by atoms with E-state index in [4.69, 9.17) is 5.73 Å². The van der Waals surface area contributed by atoms with Crippen LogP contribution < -0.4 is 53.6 Å². The number of nitrogens with one attached hydrogen (secondary N) is 2. The number of hydrogen-bond acceptors (Lipinski definition) is 6. The Balaban J connectivity index is -0.000000549. The number of aldehydes is 1. The molecule has 2 aromatic carbocycles. The molecule has 0 unspecified atom stereocenters. The highest BCUT2D eigenvalue weighted by Gasteiger charge is 2.01. The number of rotatable bonds is 6. The standard InChI is InChI=1S/C12H10N2O2.C10H21N3.C8H10N2O.3ClH/c1-8(16)14-11-3-2-10-4-9(7-15)6-13-12(10)5-11;1-11(2)7-10(8-12(3)4)9-13(5)6;1-6(11)10-8-4-2-3-7(9)5-8;;;/h2-7H,1H3,(H,14,16);7-9H,1-6H3;2-5H,9H2,1H3,(H,10,11);3*1H/q;+2;;;;/p-3. The van der Waals surface area contributed by atoms with Crippen LogP contribution in [-0.2, 0) is 9.59 Å². The van der Waals surface area contributed by atoms with Gasteiger partial charge in [0.05, 0.1) is 5.52 Å². The van der Waals surface area contributed by atoms with Crippen molar-refractivity contribution < 1.29 is 60.8 Å². The number of aromatic nitrogens is 1. The monoisotopic (exact) mass is 652 g/mol. The summed E-state index contributed by atoms with van der Waals surface area (Å²) in [5.41, 5.74) is 10.0. The number of nitrogens with two attached hydrogens (primary N) is 1. The minimum absolute atomic E-state index is 0. The van der Waals surface area contributed by atoms with Crippen LogP contribution in [0.3, 0.4) is 0 Å². The highest BCUT2D eigenvalue weighted by atomic mass is 35.5. The third-order valence-electron chi connectivity index (χ3n) is 4.59. The molecule has 3 aromatic rings. The number of nitrogens with zero attached hydrogens (tertiary/aromatic N) is 4. The summed E-state index contributed by atoms with van der Waals surface area (Å²) in [6.07, 6.45) is 8.51. The molecule has 0 aliphatic rings.